The van der Waals surface area contributed by atoms with Gasteiger partial charge in [-0.15, -0.1) is 0 Å². The number of imidazole rings is 1. The monoisotopic (exact) mass is 391 g/mol. The Bertz CT molecular complexity index is 740. The molecule has 2 aromatic heterocycles. The standard InChI is InChI=1S/C21H37N5O2/c1-3-5-6-7-8-9-10-11-12-13-15-22-21-24-19-18(20(28)25-21)23-16-26(19)17(27)14-4-2/h16-17,27H,3-15H2,1-2H3,(H2,22,24,25,28). The van der Waals surface area contributed by atoms with Crippen molar-refractivity contribution in [2.45, 2.75) is 97.1 Å². The van der Waals surface area contributed by atoms with E-state index in [9.17, 15) is 9.90 Å². The van der Waals surface area contributed by atoms with Gasteiger partial charge in [-0.25, -0.2) is 4.98 Å². The van der Waals surface area contributed by atoms with E-state index in [1.165, 1.54) is 64.1 Å². The number of nitrogens with zero attached hydrogens (tertiary/aromatic N) is 3. The van der Waals surface area contributed by atoms with Gasteiger partial charge in [0.05, 0.1) is 6.33 Å². The smallest absolute Gasteiger partial charge is 0.280 e. The second-order valence-corrected chi connectivity index (χ2v) is 7.62. The van der Waals surface area contributed by atoms with Gasteiger partial charge in [-0.1, -0.05) is 78.1 Å². The average molecular weight is 392 g/mol. The summed E-state index contributed by atoms with van der Waals surface area (Å²) in [6, 6.07) is 0. The van der Waals surface area contributed by atoms with E-state index < -0.39 is 6.23 Å². The van der Waals surface area contributed by atoms with Gasteiger partial charge < -0.3 is 10.4 Å². The Kier molecular flexibility index (Phi) is 10.0. The quantitative estimate of drug-likeness (QED) is 0.381. The van der Waals surface area contributed by atoms with Crippen LogP contribution in [0.15, 0.2) is 11.1 Å². The van der Waals surface area contributed by atoms with Crippen molar-refractivity contribution in [3.63, 3.8) is 0 Å². The lowest BCUT2D eigenvalue weighted by molar-refractivity contribution is 0.0972. The molecule has 7 heteroatoms. The number of aliphatic hydroxyl groups is 1. The summed E-state index contributed by atoms with van der Waals surface area (Å²) in [4.78, 5) is 23.5. The Morgan fingerprint density at radius 2 is 1.68 bits per heavy atom. The number of unbranched alkanes of at least 4 members (excludes halogenated alkanes) is 9. The van der Waals surface area contributed by atoms with Crippen LogP contribution in [0.3, 0.4) is 0 Å². The number of nitrogens with one attached hydrogen (secondary N) is 2. The summed E-state index contributed by atoms with van der Waals surface area (Å²) in [5.74, 6) is 0.443. The van der Waals surface area contributed by atoms with Crippen molar-refractivity contribution >= 4 is 17.1 Å². The number of anilines is 1. The van der Waals surface area contributed by atoms with Crippen LogP contribution in [0.4, 0.5) is 5.95 Å². The van der Waals surface area contributed by atoms with Crippen LogP contribution < -0.4 is 10.9 Å². The molecule has 0 radical (unpaired) electrons. The SMILES string of the molecule is CCCCCCCCCCCCNc1nc2c(ncn2C(O)CCC)c(=O)[nH]1. The predicted octanol–water partition coefficient (Wildman–Crippen LogP) is 4.74. The van der Waals surface area contributed by atoms with Crippen LogP contribution in [0.2, 0.25) is 0 Å². The lowest BCUT2D eigenvalue weighted by Gasteiger charge is -2.12. The van der Waals surface area contributed by atoms with Gasteiger partial charge in [0.1, 0.15) is 6.23 Å². The molecular weight excluding hydrogens is 354 g/mol. The van der Waals surface area contributed by atoms with Crippen LogP contribution in [0.25, 0.3) is 11.2 Å². The molecule has 158 valence electrons. The Labute approximate surface area is 168 Å². The van der Waals surface area contributed by atoms with E-state index in [4.69, 9.17) is 0 Å². The Morgan fingerprint density at radius 1 is 1.04 bits per heavy atom. The number of hydrogen-bond acceptors (Lipinski definition) is 5. The normalized spacial score (nSPS) is 12.5. The maximum absolute atomic E-state index is 12.2. The Balaban J connectivity index is 1.72. The summed E-state index contributed by atoms with van der Waals surface area (Å²) in [5, 5.41) is 13.4. The van der Waals surface area contributed by atoms with Gasteiger partial charge in [0.15, 0.2) is 11.2 Å². The average Bonchev–Trinajstić information content (AvgIpc) is 3.11. The first-order valence-corrected chi connectivity index (χ1v) is 11.1. The summed E-state index contributed by atoms with van der Waals surface area (Å²) in [6.07, 6.45) is 15.1. The zero-order valence-corrected chi connectivity index (χ0v) is 17.5. The minimum atomic E-state index is -0.709. The van der Waals surface area contributed by atoms with Crippen LogP contribution in [0, 0.1) is 0 Å². The molecule has 0 spiro atoms. The molecule has 0 fully saturated rings. The highest BCUT2D eigenvalue weighted by atomic mass is 16.3. The van der Waals surface area contributed by atoms with Gasteiger partial charge in [0.25, 0.3) is 5.56 Å². The lowest BCUT2D eigenvalue weighted by Crippen LogP contribution is -2.16. The molecule has 2 rings (SSSR count). The predicted molar refractivity (Wildman–Crippen MR) is 115 cm³/mol. The molecule has 0 aliphatic rings. The maximum Gasteiger partial charge on any atom is 0.280 e. The molecule has 3 N–H and O–H groups in total. The van der Waals surface area contributed by atoms with E-state index in [1.807, 2.05) is 6.92 Å². The van der Waals surface area contributed by atoms with Crippen molar-refractivity contribution in [3.8, 4) is 0 Å². The molecule has 0 amide bonds. The molecule has 7 nitrogen and oxygen atoms in total. The Morgan fingerprint density at radius 3 is 2.32 bits per heavy atom. The number of rotatable bonds is 15. The molecule has 1 unspecified atom stereocenters. The van der Waals surface area contributed by atoms with Crippen molar-refractivity contribution in [2.24, 2.45) is 0 Å². The molecule has 0 aliphatic heterocycles. The van der Waals surface area contributed by atoms with Crippen LogP contribution in [0.5, 0.6) is 0 Å². The van der Waals surface area contributed by atoms with E-state index >= 15 is 0 Å². The highest BCUT2D eigenvalue weighted by molar-refractivity contribution is 5.70. The highest BCUT2D eigenvalue weighted by Crippen LogP contribution is 2.16. The first-order valence-electron chi connectivity index (χ1n) is 11.1. The summed E-state index contributed by atoms with van der Waals surface area (Å²) in [6.45, 7) is 5.03. The molecule has 0 saturated heterocycles. The maximum atomic E-state index is 12.2. The van der Waals surface area contributed by atoms with Crippen molar-refractivity contribution in [1.82, 2.24) is 19.5 Å². The molecule has 0 bridgehead atoms. The van der Waals surface area contributed by atoms with E-state index in [2.05, 4.69) is 27.2 Å². The summed E-state index contributed by atoms with van der Waals surface area (Å²) in [7, 11) is 0. The van der Waals surface area contributed by atoms with Gasteiger partial charge in [-0.3, -0.25) is 14.3 Å². The van der Waals surface area contributed by atoms with Gasteiger partial charge in [-0.2, -0.15) is 4.98 Å². The van der Waals surface area contributed by atoms with Crippen molar-refractivity contribution in [2.75, 3.05) is 11.9 Å². The van der Waals surface area contributed by atoms with E-state index in [0.29, 0.717) is 18.0 Å². The minimum absolute atomic E-state index is 0.264. The van der Waals surface area contributed by atoms with Crippen LogP contribution in [0.1, 0.15) is 97.1 Å². The zero-order chi connectivity index (χ0) is 20.2. The summed E-state index contributed by atoms with van der Waals surface area (Å²) < 4.78 is 1.57. The third kappa shape index (κ3) is 6.93. The second-order valence-electron chi connectivity index (χ2n) is 7.62. The third-order valence-electron chi connectivity index (χ3n) is 5.12. The summed E-state index contributed by atoms with van der Waals surface area (Å²) >= 11 is 0. The lowest BCUT2D eigenvalue weighted by atomic mass is 10.1. The fourth-order valence-electron chi connectivity index (χ4n) is 3.44. The van der Waals surface area contributed by atoms with E-state index in [-0.39, 0.29) is 11.1 Å². The minimum Gasteiger partial charge on any atom is -0.373 e. The number of aliphatic hydroxyl groups excluding tert-OH is 1. The first kappa shape index (κ1) is 22.4. The zero-order valence-electron chi connectivity index (χ0n) is 17.5. The van der Waals surface area contributed by atoms with Crippen molar-refractivity contribution < 1.29 is 5.11 Å². The molecule has 28 heavy (non-hydrogen) atoms. The molecular formula is C21H37N5O2. The van der Waals surface area contributed by atoms with E-state index in [1.54, 1.807) is 4.57 Å². The van der Waals surface area contributed by atoms with Crippen molar-refractivity contribution in [3.05, 3.63) is 16.7 Å². The van der Waals surface area contributed by atoms with Gasteiger partial charge >= 0.3 is 0 Å². The second kappa shape index (κ2) is 12.5. The Hall–Kier alpha value is -1.89. The van der Waals surface area contributed by atoms with Gasteiger partial charge in [-0.05, 0) is 12.8 Å². The van der Waals surface area contributed by atoms with Gasteiger partial charge in [0.2, 0.25) is 5.95 Å². The number of aromatic nitrogens is 4. The number of hydrogen-bond donors (Lipinski definition) is 3. The molecule has 2 heterocycles. The number of fused-ring (bicyclic) bond motifs is 1. The fraction of sp³-hybridized carbons (Fsp3) is 0.762. The number of H-pyrrole nitrogens is 1. The molecule has 0 saturated carbocycles. The molecule has 0 aromatic carbocycles. The third-order valence-corrected chi connectivity index (χ3v) is 5.12. The number of aromatic amines is 1. The topological polar surface area (TPSA) is 95.8 Å². The largest absolute Gasteiger partial charge is 0.373 e. The van der Waals surface area contributed by atoms with Crippen LogP contribution in [-0.2, 0) is 0 Å². The van der Waals surface area contributed by atoms with Crippen molar-refractivity contribution in [1.29, 1.82) is 0 Å². The molecule has 0 aliphatic carbocycles. The highest BCUT2D eigenvalue weighted by Gasteiger charge is 2.14. The van der Waals surface area contributed by atoms with E-state index in [0.717, 1.165) is 19.4 Å². The van der Waals surface area contributed by atoms with Gasteiger partial charge in [0, 0.05) is 6.54 Å². The molecule has 1 atom stereocenters. The first-order chi connectivity index (χ1) is 13.7. The fourth-order valence-corrected chi connectivity index (χ4v) is 3.44. The molecule has 2 aromatic rings. The van der Waals surface area contributed by atoms with Crippen LogP contribution >= 0.6 is 0 Å². The van der Waals surface area contributed by atoms with Crippen LogP contribution in [-0.4, -0.2) is 31.2 Å². The summed E-state index contributed by atoms with van der Waals surface area (Å²) in [5.41, 5.74) is 0.410.